The van der Waals surface area contributed by atoms with Gasteiger partial charge in [0.15, 0.2) is 5.78 Å². The average Bonchev–Trinajstić information content (AvgIpc) is 2.65. The van der Waals surface area contributed by atoms with E-state index in [2.05, 4.69) is 5.16 Å². The Kier molecular flexibility index (Phi) is 2.63. The van der Waals surface area contributed by atoms with Gasteiger partial charge in [-0.3, -0.25) is 4.79 Å². The molecule has 1 saturated heterocycles. The molecule has 0 unspecified atom stereocenters. The molecule has 0 saturated carbocycles. The molecule has 1 aromatic rings. The van der Waals surface area contributed by atoms with Gasteiger partial charge in [-0.2, -0.15) is 0 Å². The second-order valence-corrected chi connectivity index (χ2v) is 3.57. The number of Topliss-reactive ketones (excluding diaryl/α,β-unsaturated/α-hetero) is 1. The Bertz CT molecular complexity index is 326. The zero-order chi connectivity index (χ0) is 9.97. The van der Waals surface area contributed by atoms with E-state index in [1.807, 2.05) is 0 Å². The lowest BCUT2D eigenvalue weighted by Crippen LogP contribution is -2.23. The van der Waals surface area contributed by atoms with Crippen LogP contribution in [0.15, 0.2) is 10.6 Å². The summed E-state index contributed by atoms with van der Waals surface area (Å²) in [5, 5.41) is 3.73. The zero-order valence-corrected chi connectivity index (χ0v) is 8.16. The monoisotopic (exact) mass is 195 g/mol. The van der Waals surface area contributed by atoms with Crippen LogP contribution in [0.25, 0.3) is 0 Å². The third kappa shape index (κ3) is 1.85. The van der Waals surface area contributed by atoms with E-state index in [1.54, 1.807) is 13.0 Å². The molecule has 0 N–H and O–H groups in total. The van der Waals surface area contributed by atoms with Crippen molar-refractivity contribution in [1.82, 2.24) is 5.16 Å². The van der Waals surface area contributed by atoms with Crippen LogP contribution in [-0.2, 0) is 4.74 Å². The predicted molar refractivity (Wildman–Crippen MR) is 49.1 cm³/mol. The molecule has 76 valence electrons. The van der Waals surface area contributed by atoms with Gasteiger partial charge in [0.05, 0.1) is 0 Å². The van der Waals surface area contributed by atoms with Crippen LogP contribution in [0.5, 0.6) is 0 Å². The molecule has 14 heavy (non-hydrogen) atoms. The van der Waals surface area contributed by atoms with Crippen molar-refractivity contribution in [3.8, 4) is 0 Å². The fraction of sp³-hybridized carbons (Fsp3) is 0.600. The molecule has 2 rings (SSSR count). The van der Waals surface area contributed by atoms with Crippen molar-refractivity contribution in [3.63, 3.8) is 0 Å². The first-order valence-electron chi connectivity index (χ1n) is 4.82. The van der Waals surface area contributed by atoms with Crippen molar-refractivity contribution in [3.05, 3.63) is 17.5 Å². The largest absolute Gasteiger partial charge is 0.381 e. The lowest BCUT2D eigenvalue weighted by molar-refractivity contribution is 0.0539. The Morgan fingerprint density at radius 1 is 1.50 bits per heavy atom. The first kappa shape index (κ1) is 9.40. The zero-order valence-electron chi connectivity index (χ0n) is 8.16. The van der Waals surface area contributed by atoms with Crippen LogP contribution in [0.3, 0.4) is 0 Å². The highest BCUT2D eigenvalue weighted by Gasteiger charge is 2.24. The van der Waals surface area contributed by atoms with Gasteiger partial charge >= 0.3 is 0 Å². The van der Waals surface area contributed by atoms with Gasteiger partial charge < -0.3 is 9.26 Å². The van der Waals surface area contributed by atoms with Crippen molar-refractivity contribution in [2.75, 3.05) is 13.2 Å². The van der Waals surface area contributed by atoms with Crippen LogP contribution < -0.4 is 0 Å². The van der Waals surface area contributed by atoms with Crippen LogP contribution >= 0.6 is 0 Å². The molecular weight excluding hydrogens is 182 g/mol. The number of ether oxygens (including phenoxy) is 1. The van der Waals surface area contributed by atoms with Gasteiger partial charge in [0, 0.05) is 25.2 Å². The van der Waals surface area contributed by atoms with Crippen LogP contribution in [0.4, 0.5) is 0 Å². The summed E-state index contributed by atoms with van der Waals surface area (Å²) in [4.78, 5) is 11.8. The third-order valence-corrected chi connectivity index (χ3v) is 2.47. The molecule has 1 aromatic heterocycles. The molecule has 1 aliphatic heterocycles. The number of hydrogen-bond donors (Lipinski definition) is 0. The fourth-order valence-electron chi connectivity index (χ4n) is 1.65. The molecule has 2 heterocycles. The number of nitrogens with zero attached hydrogens (tertiary/aromatic N) is 1. The number of carbonyl (C=O) groups excluding carboxylic acids is 1. The first-order valence-corrected chi connectivity index (χ1v) is 4.82. The SMILES string of the molecule is Cc1cc(C(=O)C2CCOCC2)no1. The summed E-state index contributed by atoms with van der Waals surface area (Å²) in [6.07, 6.45) is 1.59. The highest BCUT2D eigenvalue weighted by molar-refractivity contribution is 5.96. The summed E-state index contributed by atoms with van der Waals surface area (Å²) in [6.45, 7) is 3.13. The molecule has 0 amide bonds. The van der Waals surface area contributed by atoms with Gasteiger partial charge in [-0.25, -0.2) is 0 Å². The number of aryl methyl sites for hydroxylation is 1. The average molecular weight is 195 g/mol. The summed E-state index contributed by atoms with van der Waals surface area (Å²) >= 11 is 0. The number of hydrogen-bond acceptors (Lipinski definition) is 4. The Labute approximate surface area is 82.2 Å². The molecule has 0 aromatic carbocycles. The van der Waals surface area contributed by atoms with Gasteiger partial charge in [0.2, 0.25) is 0 Å². The number of rotatable bonds is 2. The minimum atomic E-state index is 0.0632. The van der Waals surface area contributed by atoms with Crippen molar-refractivity contribution in [2.45, 2.75) is 19.8 Å². The highest BCUT2D eigenvalue weighted by atomic mass is 16.5. The Morgan fingerprint density at radius 3 is 2.79 bits per heavy atom. The van der Waals surface area contributed by atoms with E-state index in [0.717, 1.165) is 12.8 Å². The fourth-order valence-corrected chi connectivity index (χ4v) is 1.65. The van der Waals surface area contributed by atoms with Crippen molar-refractivity contribution < 1.29 is 14.1 Å². The third-order valence-electron chi connectivity index (χ3n) is 2.47. The Hall–Kier alpha value is -1.16. The van der Waals surface area contributed by atoms with Crippen LogP contribution in [0.2, 0.25) is 0 Å². The molecule has 4 heteroatoms. The summed E-state index contributed by atoms with van der Waals surface area (Å²) in [5.41, 5.74) is 0.453. The predicted octanol–water partition coefficient (Wildman–Crippen LogP) is 1.59. The van der Waals surface area contributed by atoms with Crippen LogP contribution in [0.1, 0.15) is 29.1 Å². The smallest absolute Gasteiger partial charge is 0.187 e. The Balaban J connectivity index is 2.07. The number of aromatic nitrogens is 1. The second kappa shape index (κ2) is 3.92. The maximum Gasteiger partial charge on any atom is 0.187 e. The molecule has 1 fully saturated rings. The quantitative estimate of drug-likeness (QED) is 0.672. The van der Waals surface area contributed by atoms with E-state index >= 15 is 0 Å². The summed E-state index contributed by atoms with van der Waals surface area (Å²) in [6, 6.07) is 1.69. The standard InChI is InChI=1S/C10H13NO3/c1-7-6-9(11-14-7)10(12)8-2-4-13-5-3-8/h6,8H,2-5H2,1H3. The topological polar surface area (TPSA) is 52.3 Å². The molecule has 0 atom stereocenters. The van der Waals surface area contributed by atoms with Gasteiger partial charge in [0.25, 0.3) is 0 Å². The molecule has 0 radical (unpaired) electrons. The van der Waals surface area contributed by atoms with Crippen LogP contribution in [0, 0.1) is 12.8 Å². The molecule has 4 nitrogen and oxygen atoms in total. The van der Waals surface area contributed by atoms with Gasteiger partial charge in [-0.05, 0) is 19.8 Å². The molecule has 1 aliphatic rings. The minimum absolute atomic E-state index is 0.0632. The summed E-state index contributed by atoms with van der Waals surface area (Å²) in [5.74, 6) is 0.832. The van der Waals surface area contributed by atoms with Crippen LogP contribution in [-0.4, -0.2) is 24.2 Å². The second-order valence-electron chi connectivity index (χ2n) is 3.57. The van der Waals surface area contributed by atoms with Gasteiger partial charge in [-0.1, -0.05) is 5.16 Å². The molecule has 0 bridgehead atoms. The maximum absolute atomic E-state index is 11.8. The lowest BCUT2D eigenvalue weighted by atomic mass is 9.93. The summed E-state index contributed by atoms with van der Waals surface area (Å²) < 4.78 is 10.1. The maximum atomic E-state index is 11.8. The first-order chi connectivity index (χ1) is 6.77. The van der Waals surface area contributed by atoms with E-state index in [9.17, 15) is 4.79 Å². The highest BCUT2D eigenvalue weighted by Crippen LogP contribution is 2.19. The van der Waals surface area contributed by atoms with E-state index in [0.29, 0.717) is 24.7 Å². The molecule has 0 aliphatic carbocycles. The van der Waals surface area contributed by atoms with Gasteiger partial charge in [0.1, 0.15) is 11.5 Å². The van der Waals surface area contributed by atoms with E-state index in [4.69, 9.17) is 9.26 Å². The lowest BCUT2D eigenvalue weighted by Gasteiger charge is -2.19. The summed E-state index contributed by atoms with van der Waals surface area (Å²) in [7, 11) is 0. The van der Waals surface area contributed by atoms with Crippen molar-refractivity contribution >= 4 is 5.78 Å². The van der Waals surface area contributed by atoms with E-state index in [-0.39, 0.29) is 11.7 Å². The van der Waals surface area contributed by atoms with Crippen molar-refractivity contribution in [1.29, 1.82) is 0 Å². The van der Waals surface area contributed by atoms with Gasteiger partial charge in [-0.15, -0.1) is 0 Å². The Morgan fingerprint density at radius 2 is 2.21 bits per heavy atom. The van der Waals surface area contributed by atoms with Crippen molar-refractivity contribution in [2.24, 2.45) is 5.92 Å². The number of carbonyl (C=O) groups is 1. The minimum Gasteiger partial charge on any atom is -0.381 e. The van der Waals surface area contributed by atoms with E-state index < -0.39 is 0 Å². The normalized spacial score (nSPS) is 18.4. The molecule has 0 spiro atoms. The molecular formula is C10H13NO3. The van der Waals surface area contributed by atoms with E-state index in [1.165, 1.54) is 0 Å². The number of ketones is 1.